The number of aliphatic hydroxyl groups is 1. The van der Waals surface area contributed by atoms with Crippen LogP contribution in [-0.4, -0.2) is 50.6 Å². The van der Waals surface area contributed by atoms with Crippen molar-refractivity contribution in [3.05, 3.63) is 11.9 Å². The number of hydrogen-bond acceptors (Lipinski definition) is 5. The fourth-order valence-corrected chi connectivity index (χ4v) is 1.96. The third-order valence-corrected chi connectivity index (χ3v) is 2.99. The monoisotopic (exact) mass is 239 g/mol. The molecular weight excluding hydrogens is 222 g/mol. The molecule has 1 atom stereocenters. The minimum atomic E-state index is 0.00872. The lowest BCUT2D eigenvalue weighted by Gasteiger charge is -2.15. The fourth-order valence-electron chi connectivity index (χ4n) is 1.96. The Morgan fingerprint density at radius 1 is 1.65 bits per heavy atom. The molecule has 0 saturated carbocycles. The lowest BCUT2D eigenvalue weighted by atomic mass is 10.1. The topological polar surface area (TPSA) is 97.3 Å². The van der Waals surface area contributed by atoms with Gasteiger partial charge >= 0.3 is 0 Å². The molecule has 94 valence electrons. The Bertz CT molecular complexity index is 392. The third kappa shape index (κ3) is 2.80. The summed E-state index contributed by atoms with van der Waals surface area (Å²) in [6, 6.07) is 0. The Hall–Kier alpha value is -1.47. The normalized spacial score (nSPS) is 19.9. The number of aromatic nitrogens is 3. The molecule has 7 heteroatoms. The van der Waals surface area contributed by atoms with Crippen LogP contribution in [0.5, 0.6) is 0 Å². The summed E-state index contributed by atoms with van der Waals surface area (Å²) in [4.78, 5) is 13.7. The first-order chi connectivity index (χ1) is 8.22. The van der Waals surface area contributed by atoms with Gasteiger partial charge in [0.25, 0.3) is 0 Å². The largest absolute Gasteiger partial charge is 0.396 e. The van der Waals surface area contributed by atoms with Crippen molar-refractivity contribution < 1.29 is 9.90 Å². The molecule has 1 aliphatic heterocycles. The van der Waals surface area contributed by atoms with Crippen LogP contribution in [0.4, 0.5) is 0 Å². The van der Waals surface area contributed by atoms with E-state index in [1.54, 1.807) is 11.1 Å². The molecule has 1 unspecified atom stereocenters. The summed E-state index contributed by atoms with van der Waals surface area (Å²) in [5.74, 6) is 0.226. The van der Waals surface area contributed by atoms with Gasteiger partial charge < -0.3 is 15.7 Å². The maximum absolute atomic E-state index is 11.9. The van der Waals surface area contributed by atoms with Gasteiger partial charge in [0.05, 0.1) is 11.9 Å². The maximum Gasteiger partial charge on any atom is 0.244 e. The van der Waals surface area contributed by atoms with Crippen molar-refractivity contribution in [2.45, 2.75) is 19.5 Å². The number of rotatable bonds is 4. The van der Waals surface area contributed by atoms with Crippen molar-refractivity contribution in [1.82, 2.24) is 19.9 Å². The Morgan fingerprint density at radius 2 is 2.47 bits per heavy atom. The van der Waals surface area contributed by atoms with Gasteiger partial charge in [-0.15, -0.1) is 5.10 Å². The van der Waals surface area contributed by atoms with Gasteiger partial charge in [-0.25, -0.2) is 4.68 Å². The van der Waals surface area contributed by atoms with Crippen LogP contribution in [0.3, 0.4) is 0 Å². The van der Waals surface area contributed by atoms with Gasteiger partial charge in [-0.1, -0.05) is 5.21 Å². The number of nitrogens with two attached hydrogens (primary N) is 1. The molecule has 0 aliphatic carbocycles. The maximum atomic E-state index is 11.9. The average molecular weight is 239 g/mol. The molecule has 1 fully saturated rings. The van der Waals surface area contributed by atoms with Crippen LogP contribution in [0.25, 0.3) is 0 Å². The van der Waals surface area contributed by atoms with Crippen molar-refractivity contribution >= 4 is 5.91 Å². The highest BCUT2D eigenvalue weighted by molar-refractivity contribution is 5.76. The van der Waals surface area contributed by atoms with Crippen LogP contribution in [0, 0.1) is 5.92 Å². The lowest BCUT2D eigenvalue weighted by Crippen LogP contribution is -2.32. The second kappa shape index (κ2) is 5.24. The van der Waals surface area contributed by atoms with E-state index in [9.17, 15) is 4.79 Å². The zero-order chi connectivity index (χ0) is 12.3. The predicted molar refractivity (Wildman–Crippen MR) is 59.7 cm³/mol. The molecule has 0 aromatic carbocycles. The minimum absolute atomic E-state index is 0.00872. The summed E-state index contributed by atoms with van der Waals surface area (Å²) < 4.78 is 1.50. The number of nitrogens with zero attached hydrogens (tertiary/aromatic N) is 4. The molecule has 7 nitrogen and oxygen atoms in total. The van der Waals surface area contributed by atoms with Crippen molar-refractivity contribution in [3.8, 4) is 0 Å². The number of likely N-dealkylation sites (tertiary alicyclic amines) is 1. The molecule has 2 heterocycles. The number of aliphatic hydroxyl groups excluding tert-OH is 1. The zero-order valence-corrected chi connectivity index (χ0v) is 9.62. The van der Waals surface area contributed by atoms with E-state index >= 15 is 0 Å². The molecular formula is C10H17N5O2. The molecule has 1 aromatic heterocycles. The highest BCUT2D eigenvalue weighted by Crippen LogP contribution is 2.15. The number of amides is 1. The van der Waals surface area contributed by atoms with Crippen LogP contribution in [-0.2, 0) is 17.9 Å². The molecule has 1 amide bonds. The highest BCUT2D eigenvalue weighted by Gasteiger charge is 2.25. The second-order valence-corrected chi connectivity index (χ2v) is 4.29. The summed E-state index contributed by atoms with van der Waals surface area (Å²) in [5, 5.41) is 16.7. The molecule has 0 spiro atoms. The van der Waals surface area contributed by atoms with Crippen LogP contribution in [0.2, 0.25) is 0 Å². The first-order valence-corrected chi connectivity index (χ1v) is 5.70. The van der Waals surface area contributed by atoms with E-state index in [1.807, 2.05) is 0 Å². The third-order valence-electron chi connectivity index (χ3n) is 2.99. The van der Waals surface area contributed by atoms with Crippen molar-refractivity contribution in [2.75, 3.05) is 19.7 Å². The van der Waals surface area contributed by atoms with E-state index in [-0.39, 0.29) is 25.0 Å². The van der Waals surface area contributed by atoms with E-state index in [4.69, 9.17) is 10.8 Å². The van der Waals surface area contributed by atoms with Gasteiger partial charge in [0, 0.05) is 32.2 Å². The Morgan fingerprint density at radius 3 is 3.06 bits per heavy atom. The molecule has 2 rings (SSSR count). The Balaban J connectivity index is 1.89. The molecule has 0 radical (unpaired) electrons. The van der Waals surface area contributed by atoms with Crippen LogP contribution in [0.15, 0.2) is 6.20 Å². The standard InChI is InChI=1S/C10H17N5O2/c11-3-9-5-15(13-12-9)6-10(17)14-2-1-8(4-14)7-16/h5,8,16H,1-4,6-7,11H2. The SMILES string of the molecule is NCc1cn(CC(=O)N2CCC(CO)C2)nn1. The summed E-state index contributed by atoms with van der Waals surface area (Å²) in [6.45, 7) is 2.00. The van der Waals surface area contributed by atoms with Gasteiger partial charge in [-0.2, -0.15) is 0 Å². The van der Waals surface area contributed by atoms with Crippen molar-refractivity contribution in [2.24, 2.45) is 11.7 Å². The molecule has 1 saturated heterocycles. The van der Waals surface area contributed by atoms with Crippen LogP contribution >= 0.6 is 0 Å². The first-order valence-electron chi connectivity index (χ1n) is 5.70. The molecule has 1 aromatic rings. The number of carbonyl (C=O) groups excluding carboxylic acids is 1. The van der Waals surface area contributed by atoms with Gasteiger partial charge in [0.15, 0.2) is 0 Å². The quantitative estimate of drug-likeness (QED) is 0.672. The molecule has 0 bridgehead atoms. The van der Waals surface area contributed by atoms with Crippen molar-refractivity contribution in [1.29, 1.82) is 0 Å². The first kappa shape index (κ1) is 12.0. The Kier molecular flexibility index (Phi) is 3.70. The van der Waals surface area contributed by atoms with Crippen LogP contribution < -0.4 is 5.73 Å². The molecule has 1 aliphatic rings. The smallest absolute Gasteiger partial charge is 0.244 e. The van der Waals surface area contributed by atoms with Gasteiger partial charge in [0.1, 0.15) is 6.54 Å². The fraction of sp³-hybridized carbons (Fsp3) is 0.700. The Labute approximate surface area is 99.2 Å². The lowest BCUT2D eigenvalue weighted by molar-refractivity contribution is -0.131. The van der Waals surface area contributed by atoms with Gasteiger partial charge in [-0.05, 0) is 6.42 Å². The molecule has 3 N–H and O–H groups in total. The van der Waals surface area contributed by atoms with E-state index < -0.39 is 0 Å². The summed E-state index contributed by atoms with van der Waals surface area (Å²) in [7, 11) is 0. The summed E-state index contributed by atoms with van der Waals surface area (Å²) in [5.41, 5.74) is 6.09. The average Bonchev–Trinajstić information content (AvgIpc) is 2.96. The van der Waals surface area contributed by atoms with E-state index in [1.165, 1.54) is 4.68 Å². The van der Waals surface area contributed by atoms with Gasteiger partial charge in [0.2, 0.25) is 5.91 Å². The zero-order valence-electron chi connectivity index (χ0n) is 9.62. The van der Waals surface area contributed by atoms with Gasteiger partial charge in [-0.3, -0.25) is 4.79 Å². The summed E-state index contributed by atoms with van der Waals surface area (Å²) >= 11 is 0. The number of hydrogen-bond donors (Lipinski definition) is 2. The van der Waals surface area contributed by atoms with Crippen LogP contribution in [0.1, 0.15) is 12.1 Å². The van der Waals surface area contributed by atoms with E-state index in [0.717, 1.165) is 6.42 Å². The van der Waals surface area contributed by atoms with E-state index in [0.29, 0.717) is 25.3 Å². The highest BCUT2D eigenvalue weighted by atomic mass is 16.3. The van der Waals surface area contributed by atoms with Crippen molar-refractivity contribution in [3.63, 3.8) is 0 Å². The predicted octanol–water partition coefficient (Wildman–Crippen LogP) is -1.42. The summed E-state index contributed by atoms with van der Waals surface area (Å²) in [6.07, 6.45) is 2.55. The number of carbonyl (C=O) groups is 1. The molecule has 17 heavy (non-hydrogen) atoms. The second-order valence-electron chi connectivity index (χ2n) is 4.29. The minimum Gasteiger partial charge on any atom is -0.396 e. The van der Waals surface area contributed by atoms with E-state index in [2.05, 4.69) is 10.3 Å².